The number of aliphatic hydroxyl groups is 2. The molecule has 1 aliphatic heterocycles. The molecule has 17 heavy (non-hydrogen) atoms. The molecule has 2 heterocycles. The average molecular weight is 258 g/mol. The molecule has 1 aromatic heterocycles. The fourth-order valence-corrected chi connectivity index (χ4v) is 3.23. The molecule has 7 heteroatoms. The molecule has 0 radical (unpaired) electrons. The molecule has 0 amide bonds. The van der Waals surface area contributed by atoms with Gasteiger partial charge in [-0.2, -0.15) is 0 Å². The molecule has 94 valence electrons. The second-order valence-electron chi connectivity index (χ2n) is 4.09. The van der Waals surface area contributed by atoms with Crippen molar-refractivity contribution in [2.24, 2.45) is 0 Å². The molecule has 3 atom stereocenters. The third-order valence-corrected chi connectivity index (χ3v) is 4.39. The summed E-state index contributed by atoms with van der Waals surface area (Å²) in [5.74, 6) is 0. The Morgan fingerprint density at radius 1 is 1.59 bits per heavy atom. The second-order valence-corrected chi connectivity index (χ2v) is 5.52. The molecule has 1 aliphatic rings. The molecule has 1 fully saturated rings. The molecule has 1 aromatic rings. The van der Waals surface area contributed by atoms with Crippen LogP contribution in [0.3, 0.4) is 0 Å². The van der Waals surface area contributed by atoms with Crippen LogP contribution in [0.15, 0.2) is 15.8 Å². The number of aromatic nitrogens is 2. The van der Waals surface area contributed by atoms with Crippen LogP contribution >= 0.6 is 11.8 Å². The van der Waals surface area contributed by atoms with Gasteiger partial charge in [-0.15, -0.1) is 11.8 Å². The van der Waals surface area contributed by atoms with E-state index in [0.29, 0.717) is 12.0 Å². The van der Waals surface area contributed by atoms with Crippen LogP contribution in [-0.2, 0) is 0 Å². The van der Waals surface area contributed by atoms with Crippen LogP contribution < -0.4 is 11.2 Å². The number of thioether (sulfide) groups is 1. The molecule has 0 aliphatic carbocycles. The molecule has 6 nitrogen and oxygen atoms in total. The van der Waals surface area contributed by atoms with Crippen LogP contribution in [0.25, 0.3) is 0 Å². The van der Waals surface area contributed by atoms with Crippen molar-refractivity contribution >= 4 is 11.8 Å². The lowest BCUT2D eigenvalue weighted by Crippen LogP contribution is -2.32. The fraction of sp³-hybridized carbons (Fsp3) is 0.600. The Hall–Kier alpha value is -1.05. The second kappa shape index (κ2) is 4.67. The van der Waals surface area contributed by atoms with Crippen LogP contribution in [-0.4, -0.2) is 37.7 Å². The van der Waals surface area contributed by atoms with E-state index in [1.807, 2.05) is 0 Å². The largest absolute Gasteiger partial charge is 0.395 e. The van der Waals surface area contributed by atoms with Gasteiger partial charge in [-0.1, -0.05) is 0 Å². The minimum Gasteiger partial charge on any atom is -0.395 e. The molecule has 0 bridgehead atoms. The van der Waals surface area contributed by atoms with Crippen molar-refractivity contribution in [1.29, 1.82) is 0 Å². The Morgan fingerprint density at radius 2 is 2.29 bits per heavy atom. The zero-order valence-electron chi connectivity index (χ0n) is 9.29. The van der Waals surface area contributed by atoms with Crippen molar-refractivity contribution in [2.45, 2.75) is 30.1 Å². The highest BCUT2D eigenvalue weighted by Gasteiger charge is 2.34. The molecule has 0 spiro atoms. The van der Waals surface area contributed by atoms with Crippen LogP contribution in [0.1, 0.15) is 17.4 Å². The van der Waals surface area contributed by atoms with Crippen molar-refractivity contribution in [3.05, 3.63) is 32.6 Å². The first-order valence-corrected chi connectivity index (χ1v) is 6.23. The predicted octanol–water partition coefficient (Wildman–Crippen LogP) is -0.798. The SMILES string of the molecule is Cc1cn(C2C[C@H](O)[C@H](CO)S2)c(=O)[nH]c1=O. The summed E-state index contributed by atoms with van der Waals surface area (Å²) in [5, 5.41) is 18.2. The maximum absolute atomic E-state index is 11.6. The quantitative estimate of drug-likeness (QED) is 0.645. The Labute approximate surface area is 101 Å². The third-order valence-electron chi connectivity index (χ3n) is 2.84. The van der Waals surface area contributed by atoms with E-state index in [9.17, 15) is 14.7 Å². The number of rotatable bonds is 2. The number of aryl methyl sites for hydroxylation is 1. The Bertz CT molecular complexity index is 524. The lowest BCUT2D eigenvalue weighted by atomic mass is 10.2. The Balaban J connectivity index is 2.34. The van der Waals surface area contributed by atoms with E-state index in [2.05, 4.69) is 4.98 Å². The van der Waals surface area contributed by atoms with Crippen LogP contribution in [0.5, 0.6) is 0 Å². The van der Waals surface area contributed by atoms with Gasteiger partial charge in [0.1, 0.15) is 0 Å². The van der Waals surface area contributed by atoms with Crippen LogP contribution in [0.4, 0.5) is 0 Å². The van der Waals surface area contributed by atoms with Crippen molar-refractivity contribution in [3.63, 3.8) is 0 Å². The van der Waals surface area contributed by atoms with Crippen LogP contribution in [0.2, 0.25) is 0 Å². The zero-order valence-corrected chi connectivity index (χ0v) is 10.1. The van der Waals surface area contributed by atoms with Gasteiger partial charge in [0.15, 0.2) is 0 Å². The Kier molecular flexibility index (Phi) is 3.41. The highest BCUT2D eigenvalue weighted by molar-refractivity contribution is 8.00. The van der Waals surface area contributed by atoms with Gasteiger partial charge in [0.2, 0.25) is 0 Å². The number of hydrogen-bond acceptors (Lipinski definition) is 5. The van der Waals surface area contributed by atoms with Crippen molar-refractivity contribution in [2.75, 3.05) is 6.61 Å². The van der Waals surface area contributed by atoms with Gasteiger partial charge < -0.3 is 10.2 Å². The summed E-state index contributed by atoms with van der Waals surface area (Å²) < 4.78 is 1.40. The first-order valence-electron chi connectivity index (χ1n) is 5.29. The normalized spacial score (nSPS) is 28.5. The summed E-state index contributed by atoms with van der Waals surface area (Å²) in [6.07, 6.45) is 1.25. The molecule has 0 saturated carbocycles. The van der Waals surface area contributed by atoms with E-state index in [1.165, 1.54) is 22.5 Å². The number of aromatic amines is 1. The monoisotopic (exact) mass is 258 g/mol. The molecule has 2 rings (SSSR count). The number of hydrogen-bond donors (Lipinski definition) is 3. The van der Waals surface area contributed by atoms with Gasteiger partial charge >= 0.3 is 5.69 Å². The van der Waals surface area contributed by atoms with Gasteiger partial charge in [0.25, 0.3) is 5.56 Å². The maximum atomic E-state index is 11.6. The van der Waals surface area contributed by atoms with Crippen molar-refractivity contribution in [1.82, 2.24) is 9.55 Å². The van der Waals surface area contributed by atoms with Gasteiger partial charge in [-0.25, -0.2) is 4.79 Å². The maximum Gasteiger partial charge on any atom is 0.329 e. The molecule has 0 aromatic carbocycles. The smallest absolute Gasteiger partial charge is 0.329 e. The van der Waals surface area contributed by atoms with E-state index in [0.717, 1.165) is 0 Å². The summed E-state index contributed by atoms with van der Waals surface area (Å²) in [7, 11) is 0. The molecular formula is C10H14N2O4S. The lowest BCUT2D eigenvalue weighted by Gasteiger charge is -2.13. The Morgan fingerprint density at radius 3 is 2.88 bits per heavy atom. The highest BCUT2D eigenvalue weighted by Crippen LogP contribution is 2.40. The summed E-state index contributed by atoms with van der Waals surface area (Å²) in [6.45, 7) is 1.49. The fourth-order valence-electron chi connectivity index (χ4n) is 1.85. The number of H-pyrrole nitrogens is 1. The summed E-state index contributed by atoms with van der Waals surface area (Å²) in [4.78, 5) is 25.1. The van der Waals surface area contributed by atoms with Crippen LogP contribution in [0, 0.1) is 6.92 Å². The molecular weight excluding hydrogens is 244 g/mol. The first-order chi connectivity index (χ1) is 8.02. The molecule has 1 saturated heterocycles. The number of nitrogens with zero attached hydrogens (tertiary/aromatic N) is 1. The minimum absolute atomic E-state index is 0.126. The van der Waals surface area contributed by atoms with E-state index >= 15 is 0 Å². The zero-order chi connectivity index (χ0) is 12.6. The number of aliphatic hydroxyl groups excluding tert-OH is 2. The summed E-state index contributed by atoms with van der Waals surface area (Å²) >= 11 is 1.34. The molecule has 3 N–H and O–H groups in total. The van der Waals surface area contributed by atoms with Gasteiger partial charge in [-0.05, 0) is 6.92 Å². The number of nitrogens with one attached hydrogen (secondary N) is 1. The van der Waals surface area contributed by atoms with E-state index in [4.69, 9.17) is 5.11 Å². The minimum atomic E-state index is -0.630. The van der Waals surface area contributed by atoms with E-state index in [1.54, 1.807) is 6.92 Å². The average Bonchev–Trinajstić information content (AvgIpc) is 2.65. The highest BCUT2D eigenvalue weighted by atomic mass is 32.2. The summed E-state index contributed by atoms with van der Waals surface area (Å²) in [5.41, 5.74) is -0.426. The van der Waals surface area contributed by atoms with Gasteiger partial charge in [-0.3, -0.25) is 14.3 Å². The topological polar surface area (TPSA) is 95.3 Å². The summed E-state index contributed by atoms with van der Waals surface area (Å²) in [6, 6.07) is 0. The van der Waals surface area contributed by atoms with E-state index in [-0.39, 0.29) is 17.2 Å². The standard InChI is InChI=1S/C10H14N2O4S/c1-5-3-12(10(16)11-9(5)15)8-2-6(14)7(4-13)17-8/h3,6-8,13-14H,2,4H2,1H3,(H,11,15,16)/t6-,7-,8?/m0/s1. The van der Waals surface area contributed by atoms with Crippen molar-refractivity contribution in [3.8, 4) is 0 Å². The van der Waals surface area contributed by atoms with Gasteiger partial charge in [0.05, 0.1) is 23.3 Å². The lowest BCUT2D eigenvalue weighted by molar-refractivity contribution is 0.137. The third kappa shape index (κ3) is 2.31. The van der Waals surface area contributed by atoms with E-state index < -0.39 is 17.4 Å². The first kappa shape index (κ1) is 12.4. The molecule has 1 unspecified atom stereocenters. The van der Waals surface area contributed by atoms with Crippen molar-refractivity contribution < 1.29 is 10.2 Å². The van der Waals surface area contributed by atoms with Gasteiger partial charge in [0, 0.05) is 18.2 Å². The predicted molar refractivity (Wildman–Crippen MR) is 64.2 cm³/mol.